The Morgan fingerprint density at radius 2 is 1.23 bits per heavy atom. The summed E-state index contributed by atoms with van der Waals surface area (Å²) in [6, 6.07) is 49.4. The Kier molecular flexibility index (Phi) is 4.35. The number of nitrogens with zero attached hydrogens (tertiary/aromatic N) is 1. The smallest absolute Gasteiger partial charge is 0.248 e. The zero-order valence-corrected chi connectivity index (χ0v) is 22.0. The highest BCUT2D eigenvalue weighted by Gasteiger charge is 2.42. The highest BCUT2D eigenvalue weighted by atomic mass is 32.1. The lowest BCUT2D eigenvalue weighted by molar-refractivity contribution is 1.30. The summed E-state index contributed by atoms with van der Waals surface area (Å²) in [7, 11) is 0. The molecule has 180 valence electrons. The lowest BCUT2D eigenvalue weighted by Gasteiger charge is -2.36. The Labute approximate surface area is 231 Å². The first kappa shape index (κ1) is 21.4. The summed E-state index contributed by atoms with van der Waals surface area (Å²) in [5.74, 6) is 0. The molecule has 1 nitrogen and oxygen atoms in total. The van der Waals surface area contributed by atoms with Crippen molar-refractivity contribution in [1.29, 1.82) is 0 Å². The average Bonchev–Trinajstić information content (AvgIpc) is 3.54. The van der Waals surface area contributed by atoms with Crippen molar-refractivity contribution in [2.45, 2.75) is 0 Å². The number of para-hydroxylation sites is 2. The van der Waals surface area contributed by atoms with Crippen molar-refractivity contribution >= 4 is 71.7 Å². The molecule has 3 heteroatoms. The lowest BCUT2D eigenvalue weighted by atomic mass is 9.37. The molecule has 0 radical (unpaired) electrons. The number of benzene rings is 6. The third kappa shape index (κ3) is 2.97. The van der Waals surface area contributed by atoms with Gasteiger partial charge in [-0.1, -0.05) is 90.4 Å². The Balaban J connectivity index is 1.36. The fraction of sp³-hybridized carbons (Fsp3) is 0. The minimum absolute atomic E-state index is 0.250. The molecule has 0 atom stereocenters. The van der Waals surface area contributed by atoms with Crippen LogP contribution in [0.3, 0.4) is 0 Å². The van der Waals surface area contributed by atoms with Crippen LogP contribution in [-0.2, 0) is 0 Å². The van der Waals surface area contributed by atoms with E-state index in [2.05, 4.69) is 138 Å². The van der Waals surface area contributed by atoms with Gasteiger partial charge in [0.05, 0.1) is 0 Å². The number of thiophene rings is 1. The van der Waals surface area contributed by atoms with Gasteiger partial charge >= 0.3 is 0 Å². The standard InChI is InChI=1S/C36H22BNS/c1-2-10-25(11-3-1)38-32-16-8-7-15-31(32)37-30-14-6-4-12-26(30)29-21-24(22-33(38)36(29)37)23-18-19-35-28(20-23)27-13-5-9-17-34(27)39-35/h1-22H. The zero-order valence-electron chi connectivity index (χ0n) is 21.1. The Bertz CT molecular complexity index is 2090. The summed E-state index contributed by atoms with van der Waals surface area (Å²) in [6.07, 6.45) is 0. The summed E-state index contributed by atoms with van der Waals surface area (Å²) in [4.78, 5) is 2.47. The van der Waals surface area contributed by atoms with Gasteiger partial charge in [-0.2, -0.15) is 0 Å². The molecule has 0 aliphatic carbocycles. The third-order valence-corrected chi connectivity index (χ3v) is 9.61. The van der Waals surface area contributed by atoms with E-state index in [0.717, 1.165) is 0 Å². The normalized spacial score (nSPS) is 13.0. The minimum Gasteiger partial charge on any atom is -0.311 e. The first-order valence-electron chi connectivity index (χ1n) is 13.5. The first-order valence-corrected chi connectivity index (χ1v) is 14.3. The summed E-state index contributed by atoms with van der Waals surface area (Å²) in [6.45, 7) is 0.250. The van der Waals surface area contributed by atoms with Crippen LogP contribution >= 0.6 is 11.3 Å². The summed E-state index contributed by atoms with van der Waals surface area (Å²) in [5, 5.41) is 2.68. The highest BCUT2D eigenvalue weighted by molar-refractivity contribution is 7.25. The van der Waals surface area contributed by atoms with Gasteiger partial charge in [-0.3, -0.25) is 0 Å². The van der Waals surface area contributed by atoms with Crippen molar-refractivity contribution in [2.24, 2.45) is 0 Å². The Morgan fingerprint density at radius 1 is 0.487 bits per heavy atom. The van der Waals surface area contributed by atoms with Gasteiger partial charge in [-0.25, -0.2) is 0 Å². The molecule has 2 aliphatic heterocycles. The first-order chi connectivity index (χ1) is 19.3. The van der Waals surface area contributed by atoms with E-state index in [0.29, 0.717) is 0 Å². The van der Waals surface area contributed by atoms with Crippen molar-refractivity contribution < 1.29 is 0 Å². The molecular weight excluding hydrogens is 489 g/mol. The Hall–Kier alpha value is -4.60. The van der Waals surface area contributed by atoms with Crippen molar-refractivity contribution in [3.8, 4) is 22.3 Å². The fourth-order valence-corrected chi connectivity index (χ4v) is 7.90. The van der Waals surface area contributed by atoms with E-state index in [1.54, 1.807) is 0 Å². The molecule has 0 saturated heterocycles. The summed E-state index contributed by atoms with van der Waals surface area (Å²) in [5.41, 5.74) is 13.2. The maximum Gasteiger partial charge on any atom is 0.248 e. The monoisotopic (exact) mass is 511 g/mol. The number of anilines is 3. The van der Waals surface area contributed by atoms with Crippen LogP contribution in [0.25, 0.3) is 42.4 Å². The SMILES string of the molecule is c1ccc(N2c3ccccc3B3c4ccccc4-c4cc(-c5ccc6sc7ccccc7c6c5)cc2c43)cc1. The van der Waals surface area contributed by atoms with Gasteiger partial charge in [0.2, 0.25) is 6.71 Å². The molecule has 3 heterocycles. The molecule has 0 N–H and O–H groups in total. The van der Waals surface area contributed by atoms with Gasteiger partial charge < -0.3 is 4.90 Å². The predicted octanol–water partition coefficient (Wildman–Crippen LogP) is 8.00. The largest absolute Gasteiger partial charge is 0.311 e. The van der Waals surface area contributed by atoms with Crippen LogP contribution in [0.1, 0.15) is 0 Å². The van der Waals surface area contributed by atoms with Crippen molar-refractivity contribution in [3.05, 3.63) is 133 Å². The van der Waals surface area contributed by atoms with Crippen LogP contribution in [0.15, 0.2) is 133 Å². The van der Waals surface area contributed by atoms with E-state index in [1.165, 1.54) is 75.9 Å². The van der Waals surface area contributed by atoms with Crippen LogP contribution in [0.4, 0.5) is 17.1 Å². The van der Waals surface area contributed by atoms with Crippen LogP contribution in [-0.4, -0.2) is 6.71 Å². The van der Waals surface area contributed by atoms with Crippen molar-refractivity contribution in [2.75, 3.05) is 4.90 Å². The molecule has 7 aromatic rings. The predicted molar refractivity (Wildman–Crippen MR) is 170 cm³/mol. The second-order valence-electron chi connectivity index (χ2n) is 10.5. The number of fused-ring (bicyclic) bond motifs is 8. The van der Waals surface area contributed by atoms with Gasteiger partial charge in [0.25, 0.3) is 0 Å². The van der Waals surface area contributed by atoms with E-state index < -0.39 is 0 Å². The molecule has 39 heavy (non-hydrogen) atoms. The molecule has 0 spiro atoms. The topological polar surface area (TPSA) is 3.24 Å². The van der Waals surface area contributed by atoms with Crippen LogP contribution in [0, 0.1) is 0 Å². The summed E-state index contributed by atoms with van der Waals surface area (Å²) >= 11 is 1.88. The molecule has 0 unspecified atom stereocenters. The molecule has 0 bridgehead atoms. The molecule has 9 rings (SSSR count). The van der Waals surface area contributed by atoms with Gasteiger partial charge in [0, 0.05) is 37.2 Å². The molecule has 6 aromatic carbocycles. The van der Waals surface area contributed by atoms with E-state index in [4.69, 9.17) is 0 Å². The fourth-order valence-electron chi connectivity index (χ4n) is 6.81. The molecule has 0 saturated carbocycles. The lowest BCUT2D eigenvalue weighted by Crippen LogP contribution is -2.54. The van der Waals surface area contributed by atoms with Gasteiger partial charge in [-0.05, 0) is 81.7 Å². The van der Waals surface area contributed by atoms with Crippen LogP contribution < -0.4 is 21.3 Å². The molecular formula is C36H22BNS. The van der Waals surface area contributed by atoms with Gasteiger partial charge in [-0.15, -0.1) is 11.3 Å². The average molecular weight is 511 g/mol. The van der Waals surface area contributed by atoms with E-state index >= 15 is 0 Å². The molecule has 0 amide bonds. The number of rotatable bonds is 2. The minimum atomic E-state index is 0.250. The van der Waals surface area contributed by atoms with Crippen molar-refractivity contribution in [1.82, 2.24) is 0 Å². The molecule has 0 fully saturated rings. The maximum atomic E-state index is 2.47. The number of hydrogen-bond donors (Lipinski definition) is 0. The summed E-state index contributed by atoms with van der Waals surface area (Å²) < 4.78 is 2.69. The van der Waals surface area contributed by atoms with E-state index in [1.807, 2.05) is 11.3 Å². The molecule has 2 aliphatic rings. The van der Waals surface area contributed by atoms with E-state index in [9.17, 15) is 0 Å². The van der Waals surface area contributed by atoms with Crippen molar-refractivity contribution in [3.63, 3.8) is 0 Å². The van der Waals surface area contributed by atoms with Gasteiger partial charge in [0.1, 0.15) is 0 Å². The Morgan fingerprint density at radius 3 is 2.15 bits per heavy atom. The highest BCUT2D eigenvalue weighted by Crippen LogP contribution is 2.43. The van der Waals surface area contributed by atoms with E-state index in [-0.39, 0.29) is 6.71 Å². The van der Waals surface area contributed by atoms with Gasteiger partial charge in [0.15, 0.2) is 0 Å². The maximum absolute atomic E-state index is 2.47. The third-order valence-electron chi connectivity index (χ3n) is 8.46. The van der Waals surface area contributed by atoms with Crippen LogP contribution in [0.2, 0.25) is 0 Å². The zero-order chi connectivity index (χ0) is 25.5. The second kappa shape index (κ2) is 7.95. The quantitative estimate of drug-likeness (QED) is 0.213. The molecule has 1 aromatic heterocycles. The second-order valence-corrected chi connectivity index (χ2v) is 11.6. The van der Waals surface area contributed by atoms with Crippen LogP contribution in [0.5, 0.6) is 0 Å². The number of hydrogen-bond acceptors (Lipinski definition) is 2.